The topological polar surface area (TPSA) is 69.6 Å². The Kier molecular flexibility index (Phi) is 57.7. The van der Waals surface area contributed by atoms with Crippen molar-refractivity contribution in [2.45, 2.75) is 334 Å². The van der Waals surface area contributed by atoms with E-state index in [9.17, 15) is 15.0 Å². The standard InChI is InChI=1S/C64H119NO3/c1-3-5-7-9-11-13-15-17-19-21-23-25-27-29-30-31-32-33-34-36-37-39-41-43-45-47-49-51-53-55-57-59-63(67)62(61-66)65-64(68)60-58-56-54-52-50-48-46-44-42-40-38-35-28-26-24-22-20-18-16-14-12-10-8-6-4-2/h6,8,12,14,18,20,24,26,57,59,62-63,66-67H,3-5,7,9-11,13,15-17,19,21-23,25,27-56,58,60-61H2,1-2H3,(H,65,68)/b8-6-,14-12-,20-18-,26-24-,59-57+. The Morgan fingerprint density at radius 2 is 0.647 bits per heavy atom. The van der Waals surface area contributed by atoms with Crippen LogP contribution in [0.4, 0.5) is 0 Å². The molecule has 4 nitrogen and oxygen atoms in total. The van der Waals surface area contributed by atoms with Crippen molar-refractivity contribution in [2.24, 2.45) is 0 Å². The summed E-state index contributed by atoms with van der Waals surface area (Å²) in [4.78, 5) is 12.5. The highest BCUT2D eigenvalue weighted by Gasteiger charge is 2.18. The molecule has 0 rings (SSSR count). The maximum absolute atomic E-state index is 12.5. The molecule has 68 heavy (non-hydrogen) atoms. The number of aliphatic hydroxyl groups excluding tert-OH is 2. The van der Waals surface area contributed by atoms with Crippen LogP contribution in [0, 0.1) is 0 Å². The van der Waals surface area contributed by atoms with Crippen molar-refractivity contribution < 1.29 is 15.0 Å². The van der Waals surface area contributed by atoms with Crippen LogP contribution in [0.15, 0.2) is 60.8 Å². The van der Waals surface area contributed by atoms with Gasteiger partial charge >= 0.3 is 0 Å². The average molecular weight is 951 g/mol. The molecule has 0 aromatic carbocycles. The average Bonchev–Trinajstić information content (AvgIpc) is 3.34. The molecule has 0 aromatic rings. The Hall–Kier alpha value is -1.91. The van der Waals surface area contributed by atoms with E-state index in [-0.39, 0.29) is 12.5 Å². The normalized spacial score (nSPS) is 13.2. The minimum absolute atomic E-state index is 0.0640. The lowest BCUT2D eigenvalue weighted by Gasteiger charge is -2.20. The van der Waals surface area contributed by atoms with Crippen LogP contribution >= 0.6 is 0 Å². The molecule has 2 unspecified atom stereocenters. The van der Waals surface area contributed by atoms with Crippen LogP contribution in [0.3, 0.4) is 0 Å². The van der Waals surface area contributed by atoms with Crippen LogP contribution in [-0.2, 0) is 4.79 Å². The molecule has 0 heterocycles. The first kappa shape index (κ1) is 66.1. The van der Waals surface area contributed by atoms with Crippen LogP contribution in [-0.4, -0.2) is 34.9 Å². The lowest BCUT2D eigenvalue weighted by atomic mass is 10.0. The smallest absolute Gasteiger partial charge is 0.220 e. The van der Waals surface area contributed by atoms with Gasteiger partial charge in [0, 0.05) is 6.42 Å². The minimum atomic E-state index is -0.844. The van der Waals surface area contributed by atoms with Crippen molar-refractivity contribution in [1.82, 2.24) is 5.32 Å². The molecule has 0 saturated carbocycles. The second kappa shape index (κ2) is 59.4. The maximum atomic E-state index is 12.5. The molecule has 0 aromatic heterocycles. The van der Waals surface area contributed by atoms with E-state index in [0.29, 0.717) is 6.42 Å². The summed E-state index contributed by atoms with van der Waals surface area (Å²) in [6.07, 6.45) is 84.1. The summed E-state index contributed by atoms with van der Waals surface area (Å²) in [7, 11) is 0. The number of aliphatic hydroxyl groups is 2. The van der Waals surface area contributed by atoms with Crippen molar-refractivity contribution in [1.29, 1.82) is 0 Å². The van der Waals surface area contributed by atoms with Crippen molar-refractivity contribution in [3.05, 3.63) is 60.8 Å². The van der Waals surface area contributed by atoms with E-state index in [0.717, 1.165) is 51.4 Å². The highest BCUT2D eigenvalue weighted by Crippen LogP contribution is 2.18. The molecule has 0 aliphatic rings. The predicted octanol–water partition coefficient (Wildman–Crippen LogP) is 20.4. The third kappa shape index (κ3) is 55.0. The fourth-order valence-corrected chi connectivity index (χ4v) is 9.41. The number of hydrogen-bond acceptors (Lipinski definition) is 3. The Labute approximate surface area is 426 Å². The SMILES string of the molecule is CC/C=C\C/C=C\C/C=C\C/C=C\CCCCCCCCCCCCCCC(=O)NC(CO)C(O)/C=C/CCCCCCCCCCCCCCCCCCCCCCCCCCCCCCC. The second-order valence-corrected chi connectivity index (χ2v) is 20.7. The first-order valence-electron chi connectivity index (χ1n) is 30.5. The van der Waals surface area contributed by atoms with Gasteiger partial charge in [-0.2, -0.15) is 0 Å². The van der Waals surface area contributed by atoms with E-state index in [4.69, 9.17) is 0 Å². The Morgan fingerprint density at radius 1 is 0.368 bits per heavy atom. The number of hydrogen-bond donors (Lipinski definition) is 3. The van der Waals surface area contributed by atoms with E-state index < -0.39 is 12.1 Å². The molecule has 3 N–H and O–H groups in total. The molecular weight excluding hydrogens is 831 g/mol. The Balaban J connectivity index is 3.47. The third-order valence-corrected chi connectivity index (χ3v) is 14.0. The van der Waals surface area contributed by atoms with Gasteiger partial charge in [0.05, 0.1) is 18.8 Å². The zero-order valence-electron chi connectivity index (χ0n) is 45.9. The molecule has 0 bridgehead atoms. The van der Waals surface area contributed by atoms with Crippen LogP contribution in [0.2, 0.25) is 0 Å². The lowest BCUT2D eigenvalue weighted by molar-refractivity contribution is -0.123. The zero-order valence-corrected chi connectivity index (χ0v) is 45.9. The summed E-state index contributed by atoms with van der Waals surface area (Å²) in [5.41, 5.74) is 0. The number of unbranched alkanes of at least 4 members (excludes halogenated alkanes) is 41. The molecule has 0 radical (unpaired) electrons. The summed E-state index contributed by atoms with van der Waals surface area (Å²) in [5, 5.41) is 23.2. The van der Waals surface area contributed by atoms with Crippen molar-refractivity contribution in [2.75, 3.05) is 6.61 Å². The zero-order chi connectivity index (χ0) is 49.2. The van der Waals surface area contributed by atoms with Gasteiger partial charge in [-0.25, -0.2) is 0 Å². The van der Waals surface area contributed by atoms with E-state index in [2.05, 4.69) is 67.8 Å². The summed E-state index contributed by atoms with van der Waals surface area (Å²) >= 11 is 0. The summed E-state index contributed by atoms with van der Waals surface area (Å²) in [6.45, 7) is 4.23. The molecular formula is C64H119NO3. The third-order valence-electron chi connectivity index (χ3n) is 14.0. The largest absolute Gasteiger partial charge is 0.394 e. The highest BCUT2D eigenvalue weighted by molar-refractivity contribution is 5.76. The molecule has 0 saturated heterocycles. The first-order chi connectivity index (χ1) is 33.7. The van der Waals surface area contributed by atoms with Crippen LogP contribution < -0.4 is 5.32 Å². The number of carbonyl (C=O) groups is 1. The number of allylic oxidation sites excluding steroid dienone is 9. The Bertz CT molecular complexity index is 1120. The van der Waals surface area contributed by atoms with E-state index in [1.54, 1.807) is 6.08 Å². The second-order valence-electron chi connectivity index (χ2n) is 20.7. The molecule has 0 spiro atoms. The van der Waals surface area contributed by atoms with E-state index in [1.165, 1.54) is 250 Å². The predicted molar refractivity (Wildman–Crippen MR) is 304 cm³/mol. The molecule has 1 amide bonds. The molecule has 398 valence electrons. The molecule has 4 heteroatoms. The maximum Gasteiger partial charge on any atom is 0.220 e. The monoisotopic (exact) mass is 950 g/mol. The van der Waals surface area contributed by atoms with Gasteiger partial charge in [0.2, 0.25) is 5.91 Å². The summed E-state index contributed by atoms with van der Waals surface area (Å²) < 4.78 is 0. The number of nitrogens with one attached hydrogen (secondary N) is 1. The minimum Gasteiger partial charge on any atom is -0.394 e. The van der Waals surface area contributed by atoms with Gasteiger partial charge in [0.15, 0.2) is 0 Å². The molecule has 0 aliphatic carbocycles. The van der Waals surface area contributed by atoms with E-state index in [1.807, 2.05) is 6.08 Å². The quantitative estimate of drug-likeness (QED) is 0.0420. The van der Waals surface area contributed by atoms with Gasteiger partial charge < -0.3 is 15.5 Å². The van der Waals surface area contributed by atoms with Crippen molar-refractivity contribution in [3.63, 3.8) is 0 Å². The first-order valence-corrected chi connectivity index (χ1v) is 30.5. The fraction of sp³-hybridized carbons (Fsp3) is 0.828. The van der Waals surface area contributed by atoms with Gasteiger partial charge in [-0.1, -0.05) is 319 Å². The van der Waals surface area contributed by atoms with Gasteiger partial charge in [0.1, 0.15) is 0 Å². The van der Waals surface area contributed by atoms with E-state index >= 15 is 0 Å². The molecule has 0 fully saturated rings. The van der Waals surface area contributed by atoms with Gasteiger partial charge in [-0.3, -0.25) is 4.79 Å². The molecule has 0 aliphatic heterocycles. The highest BCUT2D eigenvalue weighted by atomic mass is 16.3. The van der Waals surface area contributed by atoms with Crippen molar-refractivity contribution in [3.8, 4) is 0 Å². The molecule has 2 atom stereocenters. The van der Waals surface area contributed by atoms with Crippen LogP contribution in [0.5, 0.6) is 0 Å². The van der Waals surface area contributed by atoms with Gasteiger partial charge in [0.25, 0.3) is 0 Å². The number of amides is 1. The van der Waals surface area contributed by atoms with Crippen molar-refractivity contribution >= 4 is 5.91 Å². The summed E-state index contributed by atoms with van der Waals surface area (Å²) in [6, 6.07) is -0.627. The number of carbonyl (C=O) groups excluding carboxylic acids is 1. The van der Waals surface area contributed by atoms with Gasteiger partial charge in [-0.15, -0.1) is 0 Å². The number of rotatable bonds is 56. The fourth-order valence-electron chi connectivity index (χ4n) is 9.41. The summed E-state index contributed by atoms with van der Waals surface area (Å²) in [5.74, 6) is -0.0640. The van der Waals surface area contributed by atoms with Crippen LogP contribution in [0.25, 0.3) is 0 Å². The van der Waals surface area contributed by atoms with Crippen LogP contribution in [0.1, 0.15) is 322 Å². The Morgan fingerprint density at radius 3 is 0.971 bits per heavy atom. The van der Waals surface area contributed by atoms with Gasteiger partial charge in [-0.05, 0) is 57.8 Å². The lowest BCUT2D eigenvalue weighted by Crippen LogP contribution is -2.45.